The largest absolute Gasteiger partial charge is 0.504 e. The molecule has 0 saturated heterocycles. The Morgan fingerprint density at radius 1 is 1.28 bits per heavy atom. The highest BCUT2D eigenvalue weighted by Gasteiger charge is 2.14. The molecule has 96 valence electrons. The van der Waals surface area contributed by atoms with Gasteiger partial charge >= 0.3 is 11.9 Å². The van der Waals surface area contributed by atoms with Crippen molar-refractivity contribution < 1.29 is 29.6 Å². The van der Waals surface area contributed by atoms with Crippen molar-refractivity contribution in [2.45, 2.75) is 13.0 Å². The minimum atomic E-state index is -1.24. The van der Waals surface area contributed by atoms with Gasteiger partial charge in [-0.1, -0.05) is 6.07 Å². The minimum Gasteiger partial charge on any atom is -0.504 e. The number of carbonyl (C=O) groups is 2. The van der Waals surface area contributed by atoms with E-state index in [0.29, 0.717) is 5.56 Å². The summed E-state index contributed by atoms with van der Waals surface area (Å²) in [5, 5.41) is 26.8. The predicted molar refractivity (Wildman–Crippen MR) is 62.0 cm³/mol. The van der Waals surface area contributed by atoms with Crippen LogP contribution in [-0.4, -0.2) is 33.4 Å². The van der Waals surface area contributed by atoms with E-state index in [2.05, 4.69) is 4.74 Å². The highest BCUT2D eigenvalue weighted by Crippen LogP contribution is 2.25. The highest BCUT2D eigenvalue weighted by atomic mass is 16.6. The van der Waals surface area contributed by atoms with Crippen LogP contribution in [0.25, 0.3) is 6.08 Å². The summed E-state index contributed by atoms with van der Waals surface area (Å²) in [5.41, 5.74) is 0.463. The average Bonchev–Trinajstić information content (AvgIpc) is 2.30. The van der Waals surface area contributed by atoms with Crippen LogP contribution in [0.4, 0.5) is 0 Å². The van der Waals surface area contributed by atoms with Gasteiger partial charge in [0.1, 0.15) is 0 Å². The van der Waals surface area contributed by atoms with Crippen LogP contribution < -0.4 is 0 Å². The van der Waals surface area contributed by atoms with Crippen LogP contribution >= 0.6 is 0 Å². The molecule has 1 unspecified atom stereocenters. The van der Waals surface area contributed by atoms with Gasteiger partial charge in [0, 0.05) is 6.08 Å². The van der Waals surface area contributed by atoms with E-state index in [1.54, 1.807) is 0 Å². The van der Waals surface area contributed by atoms with Crippen molar-refractivity contribution >= 4 is 18.0 Å². The number of benzene rings is 1. The second kappa shape index (κ2) is 5.72. The third-order valence-corrected chi connectivity index (χ3v) is 2.05. The van der Waals surface area contributed by atoms with E-state index in [-0.39, 0.29) is 11.5 Å². The molecule has 6 nitrogen and oxygen atoms in total. The molecule has 3 N–H and O–H groups in total. The maximum Gasteiger partial charge on any atom is 0.344 e. The Morgan fingerprint density at radius 3 is 2.50 bits per heavy atom. The molecule has 0 aliphatic heterocycles. The Balaban J connectivity index is 2.66. The lowest BCUT2D eigenvalue weighted by molar-refractivity contribution is -0.159. The van der Waals surface area contributed by atoms with Gasteiger partial charge in [-0.2, -0.15) is 0 Å². The van der Waals surface area contributed by atoms with Gasteiger partial charge in [0.2, 0.25) is 0 Å². The molecule has 0 aromatic heterocycles. The second-order valence-electron chi connectivity index (χ2n) is 3.50. The molecule has 1 rings (SSSR count). The molecule has 0 fully saturated rings. The van der Waals surface area contributed by atoms with Gasteiger partial charge in [0.25, 0.3) is 0 Å². The Bertz CT molecular complexity index is 491. The number of esters is 1. The number of phenolic OH excluding ortho intramolecular Hbond substituents is 2. The topological polar surface area (TPSA) is 104 Å². The lowest BCUT2D eigenvalue weighted by Gasteiger charge is -2.05. The predicted octanol–water partition coefficient (Wildman–Crippen LogP) is 1.13. The molecule has 0 saturated carbocycles. The smallest absolute Gasteiger partial charge is 0.344 e. The SMILES string of the molecule is CC(OC(=O)C=Cc1ccc(O)c(O)c1)C(=O)O. The number of aromatic hydroxyl groups is 2. The number of carboxylic acid groups (broad SMARTS) is 1. The van der Waals surface area contributed by atoms with E-state index in [0.717, 1.165) is 6.08 Å². The van der Waals surface area contributed by atoms with Gasteiger partial charge in [-0.3, -0.25) is 0 Å². The Morgan fingerprint density at radius 2 is 1.94 bits per heavy atom. The maximum atomic E-state index is 11.2. The number of ether oxygens (including phenoxy) is 1. The minimum absolute atomic E-state index is 0.269. The van der Waals surface area contributed by atoms with E-state index < -0.39 is 18.0 Å². The van der Waals surface area contributed by atoms with Crippen LogP contribution in [0, 0.1) is 0 Å². The molecule has 1 aromatic rings. The van der Waals surface area contributed by atoms with Gasteiger partial charge in [0.15, 0.2) is 17.6 Å². The Hall–Kier alpha value is -2.50. The first-order valence-corrected chi connectivity index (χ1v) is 5.03. The van der Waals surface area contributed by atoms with Crippen LogP contribution in [0.2, 0.25) is 0 Å². The lowest BCUT2D eigenvalue weighted by Crippen LogP contribution is -2.22. The molecule has 0 spiro atoms. The zero-order valence-corrected chi connectivity index (χ0v) is 9.53. The lowest BCUT2D eigenvalue weighted by atomic mass is 10.2. The van der Waals surface area contributed by atoms with Crippen molar-refractivity contribution in [3.05, 3.63) is 29.8 Å². The Kier molecular flexibility index (Phi) is 4.31. The van der Waals surface area contributed by atoms with Crippen LogP contribution in [0.3, 0.4) is 0 Å². The summed E-state index contributed by atoms with van der Waals surface area (Å²) in [6.45, 7) is 1.24. The van der Waals surface area contributed by atoms with Crippen LogP contribution in [-0.2, 0) is 14.3 Å². The number of phenols is 2. The molecular formula is C12H12O6. The average molecular weight is 252 g/mol. The number of aliphatic carboxylic acids is 1. The van der Waals surface area contributed by atoms with Crippen LogP contribution in [0.1, 0.15) is 12.5 Å². The Labute approximate surface area is 103 Å². The molecule has 0 amide bonds. The second-order valence-corrected chi connectivity index (χ2v) is 3.50. The zero-order valence-electron chi connectivity index (χ0n) is 9.53. The molecular weight excluding hydrogens is 240 g/mol. The molecule has 18 heavy (non-hydrogen) atoms. The summed E-state index contributed by atoms with van der Waals surface area (Å²) in [5.74, 6) is -2.63. The van der Waals surface area contributed by atoms with Crippen molar-refractivity contribution in [2.24, 2.45) is 0 Å². The third kappa shape index (κ3) is 3.82. The summed E-state index contributed by atoms with van der Waals surface area (Å²) in [4.78, 5) is 21.6. The molecule has 0 aliphatic rings. The van der Waals surface area contributed by atoms with Crippen molar-refractivity contribution in [2.75, 3.05) is 0 Å². The fourth-order valence-electron chi connectivity index (χ4n) is 1.07. The summed E-state index contributed by atoms with van der Waals surface area (Å²) >= 11 is 0. The van der Waals surface area contributed by atoms with E-state index in [1.165, 1.54) is 31.2 Å². The summed E-state index contributed by atoms with van der Waals surface area (Å²) in [6.07, 6.45) is 1.14. The van der Waals surface area contributed by atoms with Crippen molar-refractivity contribution in [1.29, 1.82) is 0 Å². The first-order chi connectivity index (χ1) is 8.40. The number of rotatable bonds is 4. The first kappa shape index (κ1) is 13.6. The number of carboxylic acids is 1. The van der Waals surface area contributed by atoms with Gasteiger partial charge in [-0.25, -0.2) is 9.59 Å². The molecule has 0 radical (unpaired) electrons. The van der Waals surface area contributed by atoms with E-state index >= 15 is 0 Å². The van der Waals surface area contributed by atoms with Gasteiger partial charge in [-0.05, 0) is 30.7 Å². The first-order valence-electron chi connectivity index (χ1n) is 5.03. The number of hydrogen-bond acceptors (Lipinski definition) is 5. The van der Waals surface area contributed by atoms with Gasteiger partial charge < -0.3 is 20.1 Å². The summed E-state index contributed by atoms with van der Waals surface area (Å²) in [6, 6.07) is 3.99. The highest BCUT2D eigenvalue weighted by molar-refractivity contribution is 5.89. The van der Waals surface area contributed by atoms with E-state index in [4.69, 9.17) is 10.2 Å². The van der Waals surface area contributed by atoms with Gasteiger partial charge in [0.05, 0.1) is 0 Å². The molecule has 0 bridgehead atoms. The van der Waals surface area contributed by atoms with Crippen molar-refractivity contribution in [1.82, 2.24) is 0 Å². The molecule has 1 aromatic carbocycles. The number of carbonyl (C=O) groups excluding carboxylic acids is 1. The van der Waals surface area contributed by atoms with E-state index in [9.17, 15) is 14.7 Å². The standard InChI is InChI=1S/C12H12O6/c1-7(12(16)17)18-11(15)5-3-8-2-4-9(13)10(14)6-8/h2-7,13-14H,1H3,(H,16,17). The normalized spacial score (nSPS) is 12.3. The van der Waals surface area contributed by atoms with Crippen molar-refractivity contribution in [3.63, 3.8) is 0 Å². The summed E-state index contributed by atoms with van der Waals surface area (Å²) < 4.78 is 4.55. The number of hydrogen-bond donors (Lipinski definition) is 3. The van der Waals surface area contributed by atoms with Crippen LogP contribution in [0.15, 0.2) is 24.3 Å². The molecule has 6 heteroatoms. The maximum absolute atomic E-state index is 11.2. The molecule has 0 heterocycles. The third-order valence-electron chi connectivity index (χ3n) is 2.05. The van der Waals surface area contributed by atoms with Crippen LogP contribution in [0.5, 0.6) is 11.5 Å². The monoisotopic (exact) mass is 252 g/mol. The van der Waals surface area contributed by atoms with Gasteiger partial charge in [-0.15, -0.1) is 0 Å². The quantitative estimate of drug-likeness (QED) is 0.421. The fraction of sp³-hybridized carbons (Fsp3) is 0.167. The van der Waals surface area contributed by atoms with E-state index in [1.807, 2.05) is 0 Å². The molecule has 1 atom stereocenters. The zero-order chi connectivity index (χ0) is 13.7. The van der Waals surface area contributed by atoms with Crippen molar-refractivity contribution in [3.8, 4) is 11.5 Å². The fourth-order valence-corrected chi connectivity index (χ4v) is 1.07. The molecule has 0 aliphatic carbocycles. The summed E-state index contributed by atoms with van der Waals surface area (Å²) in [7, 11) is 0.